The van der Waals surface area contributed by atoms with Crippen LogP contribution in [-0.2, 0) is 9.53 Å². The van der Waals surface area contributed by atoms with Gasteiger partial charge in [-0.1, -0.05) is 0 Å². The molecule has 0 aromatic rings. The molecule has 0 saturated carbocycles. The molecule has 1 unspecified atom stereocenters. The normalized spacial score (nSPS) is 25.9. The summed E-state index contributed by atoms with van der Waals surface area (Å²) in [5.74, 6) is 0.0830. The lowest BCUT2D eigenvalue weighted by atomic mass is 9.97. The van der Waals surface area contributed by atoms with Gasteiger partial charge in [-0.3, -0.25) is 4.79 Å². The van der Waals surface area contributed by atoms with E-state index >= 15 is 0 Å². The zero-order valence-electron chi connectivity index (χ0n) is 8.55. The van der Waals surface area contributed by atoms with Crippen molar-refractivity contribution in [2.24, 2.45) is 5.92 Å². The number of methoxy groups -OCH3 is 1. The van der Waals surface area contributed by atoms with Gasteiger partial charge < -0.3 is 26.2 Å². The van der Waals surface area contributed by atoms with Crippen LogP contribution in [0, 0.1) is 5.92 Å². The van der Waals surface area contributed by atoms with Crippen molar-refractivity contribution in [3.05, 3.63) is 0 Å². The molecule has 0 radical (unpaired) electrons. The Hall–Kier alpha value is -0.0900. The van der Waals surface area contributed by atoms with Crippen LogP contribution in [0.25, 0.3) is 0 Å². The minimum absolute atomic E-state index is 0. The average molecular weight is 252 g/mol. The van der Waals surface area contributed by atoms with Crippen LogP contribution in [-0.4, -0.2) is 44.7 Å². The maximum atomic E-state index is 11.2. The molecule has 78 valence electrons. The Kier molecular flexibility index (Phi) is 4.92. The topological polar surface area (TPSA) is 26.3 Å². The molecule has 3 nitrogen and oxygen atoms in total. The monoisotopic (exact) mass is 251 g/mol. The van der Waals surface area contributed by atoms with Crippen molar-refractivity contribution >= 4 is 5.97 Å². The Labute approximate surface area is 90.4 Å². The van der Waals surface area contributed by atoms with Gasteiger partial charge in [-0.05, 0) is 12.8 Å². The maximum Gasteiger partial charge on any atom is 0.314 e. The van der Waals surface area contributed by atoms with E-state index < -0.39 is 0 Å². The Morgan fingerprint density at radius 2 is 2.08 bits per heavy atom. The lowest BCUT2D eigenvalue weighted by Gasteiger charge is -2.36. The summed E-state index contributed by atoms with van der Waals surface area (Å²) >= 11 is 0. The number of hydrogen-bond donors (Lipinski definition) is 0. The van der Waals surface area contributed by atoms with Gasteiger partial charge in [0.05, 0.1) is 34.3 Å². The first-order valence-electron chi connectivity index (χ1n) is 4.45. The Bertz CT molecular complexity index is 182. The average Bonchev–Trinajstić information content (AvgIpc) is 2.01. The fourth-order valence-electron chi connectivity index (χ4n) is 1.90. The summed E-state index contributed by atoms with van der Waals surface area (Å²) in [7, 11) is 5.79. The maximum absolute atomic E-state index is 11.2. The molecule has 0 aromatic heterocycles. The van der Waals surface area contributed by atoms with Gasteiger partial charge in [-0.25, -0.2) is 0 Å². The van der Waals surface area contributed by atoms with Crippen molar-refractivity contribution in [1.82, 2.24) is 0 Å². The van der Waals surface area contributed by atoms with E-state index in [0.717, 1.165) is 23.9 Å². The number of hydrogen-bond acceptors (Lipinski definition) is 2. The zero-order valence-corrected chi connectivity index (χ0v) is 10.1. The minimum Gasteiger partial charge on any atom is -1.00 e. The number of likely N-dealkylation sites (tertiary alicyclic amines) is 1. The summed E-state index contributed by atoms with van der Waals surface area (Å²) in [4.78, 5) is 11.2. The molecule has 1 fully saturated rings. The zero-order chi connectivity index (χ0) is 9.19. The molecular formula is C9H18BrNO2. The number of esters is 1. The quantitative estimate of drug-likeness (QED) is 0.386. The van der Waals surface area contributed by atoms with E-state index in [2.05, 4.69) is 14.1 Å². The lowest BCUT2D eigenvalue weighted by molar-refractivity contribution is -0.897. The van der Waals surface area contributed by atoms with Gasteiger partial charge in [0, 0.05) is 0 Å². The minimum atomic E-state index is -0.0408. The second-order valence-corrected chi connectivity index (χ2v) is 4.20. The molecule has 1 aliphatic rings. The fourth-order valence-corrected chi connectivity index (χ4v) is 1.90. The van der Waals surface area contributed by atoms with Crippen LogP contribution in [0.5, 0.6) is 0 Å². The molecule has 4 heteroatoms. The Morgan fingerprint density at radius 1 is 1.46 bits per heavy atom. The molecule has 0 N–H and O–H groups in total. The van der Waals surface area contributed by atoms with E-state index in [-0.39, 0.29) is 28.9 Å². The van der Waals surface area contributed by atoms with Crippen LogP contribution in [0.15, 0.2) is 0 Å². The van der Waals surface area contributed by atoms with Crippen LogP contribution in [0.3, 0.4) is 0 Å². The smallest absolute Gasteiger partial charge is 0.314 e. The van der Waals surface area contributed by atoms with Crippen molar-refractivity contribution in [3.8, 4) is 0 Å². The molecule has 0 aromatic carbocycles. The largest absolute Gasteiger partial charge is 1.00 e. The van der Waals surface area contributed by atoms with E-state index in [9.17, 15) is 4.79 Å². The highest BCUT2D eigenvalue weighted by atomic mass is 79.9. The second-order valence-electron chi connectivity index (χ2n) is 4.20. The van der Waals surface area contributed by atoms with E-state index in [1.165, 1.54) is 13.7 Å². The van der Waals surface area contributed by atoms with Crippen molar-refractivity contribution in [1.29, 1.82) is 0 Å². The second kappa shape index (κ2) is 4.96. The third-order valence-electron chi connectivity index (χ3n) is 2.57. The lowest BCUT2D eigenvalue weighted by Crippen LogP contribution is -3.00. The fraction of sp³-hybridized carbons (Fsp3) is 0.889. The Balaban J connectivity index is 0.00000144. The molecule has 1 aliphatic heterocycles. The van der Waals surface area contributed by atoms with Gasteiger partial charge in [-0.15, -0.1) is 0 Å². The van der Waals surface area contributed by atoms with Crippen molar-refractivity contribution in [2.45, 2.75) is 12.8 Å². The highest BCUT2D eigenvalue weighted by Crippen LogP contribution is 2.20. The number of carbonyl (C=O) groups excluding carboxylic acids is 1. The molecule has 0 spiro atoms. The summed E-state index contributed by atoms with van der Waals surface area (Å²) in [6, 6.07) is 0. The molecule has 1 heterocycles. The third-order valence-corrected chi connectivity index (χ3v) is 2.57. The summed E-state index contributed by atoms with van der Waals surface area (Å²) in [5, 5.41) is 0. The summed E-state index contributed by atoms with van der Waals surface area (Å²) < 4.78 is 5.68. The molecule has 1 rings (SSSR count). The molecule has 13 heavy (non-hydrogen) atoms. The van der Waals surface area contributed by atoms with E-state index in [1.807, 2.05) is 0 Å². The summed E-state index contributed by atoms with van der Waals surface area (Å²) in [5.41, 5.74) is 0. The first-order valence-corrected chi connectivity index (χ1v) is 4.45. The Morgan fingerprint density at radius 3 is 2.54 bits per heavy atom. The van der Waals surface area contributed by atoms with Gasteiger partial charge >= 0.3 is 5.97 Å². The van der Waals surface area contributed by atoms with Crippen molar-refractivity contribution in [3.63, 3.8) is 0 Å². The van der Waals surface area contributed by atoms with Gasteiger partial charge in [0.15, 0.2) is 0 Å². The van der Waals surface area contributed by atoms with Crippen LogP contribution in [0.4, 0.5) is 0 Å². The third kappa shape index (κ3) is 3.65. The van der Waals surface area contributed by atoms with Crippen LogP contribution < -0.4 is 17.0 Å². The first kappa shape index (κ1) is 12.9. The highest BCUT2D eigenvalue weighted by molar-refractivity contribution is 5.72. The molecule has 0 amide bonds. The molecular weight excluding hydrogens is 234 g/mol. The number of rotatable bonds is 1. The van der Waals surface area contributed by atoms with E-state index in [1.54, 1.807) is 0 Å². The number of nitrogens with zero attached hydrogens (tertiary/aromatic N) is 1. The number of piperidine rings is 1. The van der Waals surface area contributed by atoms with E-state index in [4.69, 9.17) is 4.74 Å². The highest BCUT2D eigenvalue weighted by Gasteiger charge is 2.32. The van der Waals surface area contributed by atoms with Crippen LogP contribution in [0.1, 0.15) is 12.8 Å². The molecule has 0 bridgehead atoms. The van der Waals surface area contributed by atoms with Crippen molar-refractivity contribution < 1.29 is 31.0 Å². The van der Waals surface area contributed by atoms with E-state index in [0.29, 0.717) is 0 Å². The van der Waals surface area contributed by atoms with Gasteiger partial charge in [0.25, 0.3) is 0 Å². The van der Waals surface area contributed by atoms with Gasteiger partial charge in [0.2, 0.25) is 0 Å². The molecule has 1 saturated heterocycles. The van der Waals surface area contributed by atoms with Gasteiger partial charge in [0.1, 0.15) is 5.92 Å². The number of ether oxygens (including phenoxy) is 1. The SMILES string of the molecule is COC(=O)C1CCC[N+](C)(C)C1.[Br-]. The summed E-state index contributed by atoms with van der Waals surface area (Å²) in [6.07, 6.45) is 2.13. The first-order chi connectivity index (χ1) is 5.55. The number of carbonyl (C=O) groups is 1. The standard InChI is InChI=1S/C9H18NO2.BrH/c1-10(2)6-4-5-8(7-10)9(11)12-3;/h8H,4-7H2,1-3H3;1H/q+1;/p-1. The van der Waals surface area contributed by atoms with Crippen LogP contribution in [0.2, 0.25) is 0 Å². The van der Waals surface area contributed by atoms with Crippen molar-refractivity contribution in [2.75, 3.05) is 34.3 Å². The molecule has 0 aliphatic carbocycles. The van der Waals surface area contributed by atoms with Gasteiger partial charge in [-0.2, -0.15) is 0 Å². The predicted molar refractivity (Wildman–Crippen MR) is 46.6 cm³/mol. The number of halogens is 1. The predicted octanol–water partition coefficient (Wildman–Crippen LogP) is -2.35. The number of quaternary nitrogens is 1. The van der Waals surface area contributed by atoms with Crippen LogP contribution >= 0.6 is 0 Å². The molecule has 1 atom stereocenters. The summed E-state index contributed by atoms with van der Waals surface area (Å²) in [6.45, 7) is 2.10.